The number of aromatic nitrogens is 3. The Bertz CT molecular complexity index is 621. The molecular weight excluding hydrogens is 233 g/mol. The first-order valence-corrected chi connectivity index (χ1v) is 5.79. The van der Waals surface area contributed by atoms with Crippen LogP contribution in [0, 0.1) is 6.92 Å². The average Bonchev–Trinajstić information content (AvgIpc) is 2.65. The number of nitrogens with zero attached hydrogens (tertiary/aromatic N) is 3. The second kappa shape index (κ2) is 3.67. The van der Waals surface area contributed by atoms with Gasteiger partial charge < -0.3 is 0 Å². The summed E-state index contributed by atoms with van der Waals surface area (Å²) in [5.41, 5.74) is 1.61. The van der Waals surface area contributed by atoms with Crippen LogP contribution < -0.4 is 0 Å². The van der Waals surface area contributed by atoms with Crippen LogP contribution in [0.3, 0.4) is 0 Å². The van der Waals surface area contributed by atoms with E-state index in [1.165, 1.54) is 4.68 Å². The van der Waals surface area contributed by atoms with Crippen molar-refractivity contribution in [1.82, 2.24) is 15.0 Å². The van der Waals surface area contributed by atoms with Crippen LogP contribution in [0.5, 0.6) is 0 Å². The SMILES string of the molecule is Cc1cccc(-n2cc(S(=O)(=O)F)nn2)c1. The second-order valence-corrected chi connectivity index (χ2v) is 4.57. The smallest absolute Gasteiger partial charge is 0.219 e. The van der Waals surface area contributed by atoms with Gasteiger partial charge in [-0.1, -0.05) is 21.2 Å². The summed E-state index contributed by atoms with van der Waals surface area (Å²) < 4.78 is 34.9. The third kappa shape index (κ3) is 2.08. The number of halogens is 1. The Morgan fingerprint density at radius 3 is 2.69 bits per heavy atom. The zero-order valence-corrected chi connectivity index (χ0v) is 9.15. The van der Waals surface area contributed by atoms with Gasteiger partial charge in [0.2, 0.25) is 5.03 Å². The molecule has 0 amide bonds. The normalized spacial score (nSPS) is 11.6. The van der Waals surface area contributed by atoms with Crippen molar-refractivity contribution < 1.29 is 12.3 Å². The fourth-order valence-electron chi connectivity index (χ4n) is 1.26. The Kier molecular flexibility index (Phi) is 2.47. The molecule has 0 aliphatic heterocycles. The lowest BCUT2D eigenvalue weighted by molar-refractivity contribution is 0.547. The van der Waals surface area contributed by atoms with Crippen molar-refractivity contribution in [3.05, 3.63) is 36.0 Å². The Morgan fingerprint density at radius 1 is 1.38 bits per heavy atom. The highest BCUT2D eigenvalue weighted by Crippen LogP contribution is 2.12. The Labute approximate surface area is 91.7 Å². The average molecular weight is 241 g/mol. The highest BCUT2D eigenvalue weighted by molar-refractivity contribution is 7.86. The molecule has 0 fully saturated rings. The zero-order chi connectivity index (χ0) is 11.8. The van der Waals surface area contributed by atoms with Gasteiger partial charge in [0.15, 0.2) is 0 Å². The number of hydrogen-bond acceptors (Lipinski definition) is 4. The molecule has 2 rings (SSSR count). The molecule has 0 bridgehead atoms. The number of rotatable bonds is 2. The lowest BCUT2D eigenvalue weighted by Crippen LogP contribution is -1.94. The molecule has 0 spiro atoms. The van der Waals surface area contributed by atoms with Crippen molar-refractivity contribution in [3.8, 4) is 5.69 Å². The van der Waals surface area contributed by atoms with Gasteiger partial charge in [-0.25, -0.2) is 4.68 Å². The maximum absolute atomic E-state index is 12.6. The van der Waals surface area contributed by atoms with E-state index in [1.807, 2.05) is 13.0 Å². The molecule has 16 heavy (non-hydrogen) atoms. The van der Waals surface area contributed by atoms with Crippen LogP contribution in [-0.4, -0.2) is 23.4 Å². The third-order valence-electron chi connectivity index (χ3n) is 1.99. The number of hydrogen-bond donors (Lipinski definition) is 0. The molecule has 0 radical (unpaired) electrons. The summed E-state index contributed by atoms with van der Waals surface area (Å²) in [5, 5.41) is 6.10. The molecule has 1 heterocycles. The van der Waals surface area contributed by atoms with Crippen molar-refractivity contribution in [3.63, 3.8) is 0 Å². The minimum Gasteiger partial charge on any atom is -0.219 e. The van der Waals surface area contributed by atoms with E-state index in [4.69, 9.17) is 0 Å². The van der Waals surface area contributed by atoms with Crippen molar-refractivity contribution in [2.24, 2.45) is 0 Å². The van der Waals surface area contributed by atoms with E-state index in [9.17, 15) is 12.3 Å². The van der Waals surface area contributed by atoms with Crippen LogP contribution >= 0.6 is 0 Å². The van der Waals surface area contributed by atoms with Gasteiger partial charge in [-0.05, 0) is 24.6 Å². The van der Waals surface area contributed by atoms with E-state index in [0.29, 0.717) is 5.69 Å². The summed E-state index contributed by atoms with van der Waals surface area (Å²) in [6.07, 6.45) is 1.03. The summed E-state index contributed by atoms with van der Waals surface area (Å²) >= 11 is 0. The summed E-state index contributed by atoms with van der Waals surface area (Å²) in [4.78, 5) is 0. The van der Waals surface area contributed by atoms with Gasteiger partial charge in [0.1, 0.15) is 0 Å². The highest BCUT2D eigenvalue weighted by Gasteiger charge is 2.17. The standard InChI is InChI=1S/C9H8FN3O2S/c1-7-3-2-4-8(5-7)13-6-9(11-12-13)16(10,14)15/h2-6H,1H3. The van der Waals surface area contributed by atoms with Crippen LogP contribution in [-0.2, 0) is 10.2 Å². The summed E-state index contributed by atoms with van der Waals surface area (Å²) in [6, 6.07) is 7.17. The Hall–Kier alpha value is -1.76. The number of benzene rings is 1. The molecule has 0 saturated heterocycles. The molecule has 0 atom stereocenters. The molecule has 0 aliphatic rings. The van der Waals surface area contributed by atoms with E-state index in [1.54, 1.807) is 18.2 Å². The van der Waals surface area contributed by atoms with Gasteiger partial charge >= 0.3 is 10.2 Å². The van der Waals surface area contributed by atoms with Crippen molar-refractivity contribution in [1.29, 1.82) is 0 Å². The van der Waals surface area contributed by atoms with Gasteiger partial charge in [-0.2, -0.15) is 8.42 Å². The molecule has 0 N–H and O–H groups in total. The van der Waals surface area contributed by atoms with E-state index in [0.717, 1.165) is 11.8 Å². The quantitative estimate of drug-likeness (QED) is 0.742. The minimum absolute atomic E-state index is 0.627. The van der Waals surface area contributed by atoms with Gasteiger partial charge in [0.05, 0.1) is 11.9 Å². The fraction of sp³-hybridized carbons (Fsp3) is 0.111. The summed E-state index contributed by atoms with van der Waals surface area (Å²) in [6.45, 7) is 1.88. The van der Waals surface area contributed by atoms with Crippen LogP contribution in [0.1, 0.15) is 5.56 Å². The first kappa shape index (κ1) is 10.7. The van der Waals surface area contributed by atoms with E-state index in [2.05, 4.69) is 10.3 Å². The molecule has 0 aliphatic carbocycles. The van der Waals surface area contributed by atoms with Crippen LogP contribution in [0.4, 0.5) is 3.89 Å². The Morgan fingerprint density at radius 2 is 2.12 bits per heavy atom. The molecule has 1 aromatic carbocycles. The zero-order valence-electron chi connectivity index (χ0n) is 8.33. The topological polar surface area (TPSA) is 64.8 Å². The lowest BCUT2D eigenvalue weighted by Gasteiger charge is -1.99. The van der Waals surface area contributed by atoms with Gasteiger partial charge in [0, 0.05) is 0 Å². The van der Waals surface area contributed by atoms with Gasteiger partial charge in [-0.15, -0.1) is 5.10 Å². The third-order valence-corrected chi connectivity index (χ3v) is 2.68. The molecule has 2 aromatic rings. The van der Waals surface area contributed by atoms with E-state index in [-0.39, 0.29) is 0 Å². The maximum Gasteiger partial charge on any atom is 0.353 e. The van der Waals surface area contributed by atoms with Crippen LogP contribution in [0.25, 0.3) is 5.69 Å². The van der Waals surface area contributed by atoms with Crippen LogP contribution in [0.2, 0.25) is 0 Å². The van der Waals surface area contributed by atoms with E-state index >= 15 is 0 Å². The monoisotopic (exact) mass is 241 g/mol. The molecular formula is C9H8FN3O2S. The largest absolute Gasteiger partial charge is 0.353 e. The van der Waals surface area contributed by atoms with E-state index < -0.39 is 15.2 Å². The predicted octanol–water partition coefficient (Wildman–Crippen LogP) is 1.23. The molecule has 0 saturated carbocycles. The second-order valence-electron chi connectivity index (χ2n) is 3.28. The highest BCUT2D eigenvalue weighted by atomic mass is 32.3. The molecule has 0 unspecified atom stereocenters. The first-order chi connectivity index (χ1) is 7.47. The molecule has 1 aromatic heterocycles. The Balaban J connectivity index is 2.47. The molecule has 84 valence electrons. The lowest BCUT2D eigenvalue weighted by atomic mass is 10.2. The summed E-state index contributed by atoms with van der Waals surface area (Å²) in [7, 11) is -4.79. The van der Waals surface area contributed by atoms with Gasteiger partial charge in [-0.3, -0.25) is 0 Å². The van der Waals surface area contributed by atoms with Crippen molar-refractivity contribution in [2.75, 3.05) is 0 Å². The van der Waals surface area contributed by atoms with Crippen LogP contribution in [0.15, 0.2) is 35.5 Å². The summed E-state index contributed by atoms with van der Waals surface area (Å²) in [5.74, 6) is 0. The predicted molar refractivity (Wildman–Crippen MR) is 54.4 cm³/mol. The number of aryl methyl sites for hydroxylation is 1. The minimum atomic E-state index is -4.79. The first-order valence-electron chi connectivity index (χ1n) is 4.41. The fourth-order valence-corrected chi connectivity index (χ4v) is 1.62. The van der Waals surface area contributed by atoms with Crippen molar-refractivity contribution in [2.45, 2.75) is 11.9 Å². The van der Waals surface area contributed by atoms with Crippen molar-refractivity contribution >= 4 is 10.2 Å². The van der Waals surface area contributed by atoms with Gasteiger partial charge in [0.25, 0.3) is 0 Å². The molecule has 5 nitrogen and oxygen atoms in total. The maximum atomic E-state index is 12.6. The molecule has 7 heteroatoms.